The molecular formula is C15H13N5O. The lowest BCUT2D eigenvalue weighted by Crippen LogP contribution is -1.91. The summed E-state index contributed by atoms with van der Waals surface area (Å²) < 4.78 is 5.33. The van der Waals surface area contributed by atoms with E-state index in [-0.39, 0.29) is 0 Å². The number of hydrogen-bond acceptors (Lipinski definition) is 6. The van der Waals surface area contributed by atoms with Gasteiger partial charge in [0.05, 0.1) is 0 Å². The van der Waals surface area contributed by atoms with Gasteiger partial charge in [0.1, 0.15) is 0 Å². The Balaban J connectivity index is 1.69. The lowest BCUT2D eigenvalue weighted by Gasteiger charge is -2.00. The van der Waals surface area contributed by atoms with Crippen LogP contribution in [0.2, 0.25) is 0 Å². The van der Waals surface area contributed by atoms with Crippen molar-refractivity contribution >= 4 is 5.69 Å². The molecule has 1 aliphatic heterocycles. The summed E-state index contributed by atoms with van der Waals surface area (Å²) in [5, 5.41) is 7.29. The van der Waals surface area contributed by atoms with Crippen LogP contribution in [0.4, 0.5) is 5.69 Å². The standard InChI is InChI=1S/C15H13N5O/c1-9-7-17-13(18-8-9)14-19-15(21-20-14)11-2-3-12-10(6-11)4-5-16-12/h2-3,6-8,16H,4-5H2,1H3. The van der Waals surface area contributed by atoms with Crippen LogP contribution in [0.15, 0.2) is 35.1 Å². The van der Waals surface area contributed by atoms with Crippen molar-refractivity contribution in [1.82, 2.24) is 20.1 Å². The van der Waals surface area contributed by atoms with Crippen molar-refractivity contribution in [3.63, 3.8) is 0 Å². The van der Waals surface area contributed by atoms with Gasteiger partial charge in [-0.2, -0.15) is 4.98 Å². The third kappa shape index (κ3) is 2.14. The van der Waals surface area contributed by atoms with Gasteiger partial charge in [0, 0.05) is 30.2 Å². The molecule has 3 aromatic rings. The number of aromatic nitrogens is 4. The second kappa shape index (κ2) is 4.66. The number of nitrogens with one attached hydrogen (secondary N) is 1. The van der Waals surface area contributed by atoms with E-state index in [0.29, 0.717) is 17.5 Å². The molecule has 21 heavy (non-hydrogen) atoms. The Morgan fingerprint density at radius 2 is 2.00 bits per heavy atom. The van der Waals surface area contributed by atoms with E-state index in [1.165, 1.54) is 11.3 Å². The molecule has 1 aliphatic rings. The van der Waals surface area contributed by atoms with Crippen molar-refractivity contribution in [1.29, 1.82) is 0 Å². The normalized spacial score (nSPS) is 13.0. The fraction of sp³-hybridized carbons (Fsp3) is 0.200. The number of anilines is 1. The molecule has 0 fully saturated rings. The van der Waals surface area contributed by atoms with E-state index < -0.39 is 0 Å². The number of aryl methyl sites for hydroxylation is 1. The highest BCUT2D eigenvalue weighted by Gasteiger charge is 2.16. The van der Waals surface area contributed by atoms with Gasteiger partial charge in [-0.1, -0.05) is 5.16 Å². The molecule has 0 radical (unpaired) electrons. The van der Waals surface area contributed by atoms with Gasteiger partial charge in [-0.15, -0.1) is 0 Å². The summed E-state index contributed by atoms with van der Waals surface area (Å²) in [6.45, 7) is 2.91. The van der Waals surface area contributed by atoms with Gasteiger partial charge in [0.2, 0.25) is 11.6 Å². The summed E-state index contributed by atoms with van der Waals surface area (Å²) in [6, 6.07) is 6.11. The van der Waals surface area contributed by atoms with Crippen LogP contribution in [-0.2, 0) is 6.42 Å². The molecular weight excluding hydrogens is 266 g/mol. The van der Waals surface area contributed by atoms with Gasteiger partial charge in [0.25, 0.3) is 5.89 Å². The molecule has 0 spiro atoms. The van der Waals surface area contributed by atoms with Crippen LogP contribution in [-0.4, -0.2) is 26.7 Å². The monoisotopic (exact) mass is 279 g/mol. The minimum Gasteiger partial charge on any atom is -0.384 e. The number of nitrogens with zero attached hydrogens (tertiary/aromatic N) is 4. The zero-order valence-electron chi connectivity index (χ0n) is 11.5. The molecule has 6 heteroatoms. The Hall–Kier alpha value is -2.76. The third-order valence-electron chi connectivity index (χ3n) is 3.47. The van der Waals surface area contributed by atoms with E-state index in [2.05, 4.69) is 31.5 Å². The summed E-state index contributed by atoms with van der Waals surface area (Å²) in [4.78, 5) is 12.8. The molecule has 0 aliphatic carbocycles. The largest absolute Gasteiger partial charge is 0.384 e. The molecule has 104 valence electrons. The molecule has 0 bridgehead atoms. The van der Waals surface area contributed by atoms with Crippen molar-refractivity contribution in [3.05, 3.63) is 41.7 Å². The fourth-order valence-corrected chi connectivity index (χ4v) is 2.38. The highest BCUT2D eigenvalue weighted by molar-refractivity contribution is 5.65. The van der Waals surface area contributed by atoms with Gasteiger partial charge in [0.15, 0.2) is 0 Å². The molecule has 6 nitrogen and oxygen atoms in total. The highest BCUT2D eigenvalue weighted by Crippen LogP contribution is 2.28. The molecule has 0 amide bonds. The van der Waals surface area contributed by atoms with Crippen molar-refractivity contribution in [2.45, 2.75) is 13.3 Å². The van der Waals surface area contributed by atoms with Crippen LogP contribution in [0.1, 0.15) is 11.1 Å². The molecule has 1 N–H and O–H groups in total. The predicted octanol–water partition coefficient (Wildman–Crippen LogP) is 2.47. The molecule has 0 saturated carbocycles. The molecule has 4 rings (SSSR count). The van der Waals surface area contributed by atoms with Gasteiger partial charge in [-0.25, -0.2) is 9.97 Å². The molecule has 2 aromatic heterocycles. The first-order valence-corrected chi connectivity index (χ1v) is 6.79. The number of benzene rings is 1. The SMILES string of the molecule is Cc1cnc(-c2noc(-c3ccc4c(c3)CCN4)n2)nc1. The second-order valence-corrected chi connectivity index (χ2v) is 5.06. The van der Waals surface area contributed by atoms with Gasteiger partial charge in [-0.05, 0) is 42.7 Å². The zero-order chi connectivity index (χ0) is 14.2. The first-order chi connectivity index (χ1) is 10.3. The van der Waals surface area contributed by atoms with E-state index in [1.807, 2.05) is 19.1 Å². The maximum Gasteiger partial charge on any atom is 0.258 e. The average Bonchev–Trinajstić information content (AvgIpc) is 3.16. The van der Waals surface area contributed by atoms with E-state index >= 15 is 0 Å². The Bertz CT molecular complexity index is 794. The van der Waals surface area contributed by atoms with Crippen LogP contribution in [0.5, 0.6) is 0 Å². The predicted molar refractivity (Wildman–Crippen MR) is 77.7 cm³/mol. The van der Waals surface area contributed by atoms with Crippen molar-refractivity contribution in [2.75, 3.05) is 11.9 Å². The Morgan fingerprint density at radius 1 is 1.14 bits per heavy atom. The quantitative estimate of drug-likeness (QED) is 0.776. The molecule has 0 saturated heterocycles. The number of hydrogen-bond donors (Lipinski definition) is 1. The third-order valence-corrected chi connectivity index (χ3v) is 3.47. The van der Waals surface area contributed by atoms with E-state index in [4.69, 9.17) is 4.52 Å². The van der Waals surface area contributed by atoms with Gasteiger partial charge in [-0.3, -0.25) is 0 Å². The van der Waals surface area contributed by atoms with E-state index in [9.17, 15) is 0 Å². The van der Waals surface area contributed by atoms with Crippen LogP contribution < -0.4 is 5.32 Å². The number of rotatable bonds is 2. The van der Waals surface area contributed by atoms with Crippen LogP contribution in [0, 0.1) is 6.92 Å². The smallest absolute Gasteiger partial charge is 0.258 e. The lowest BCUT2D eigenvalue weighted by atomic mass is 10.1. The molecule has 0 atom stereocenters. The first kappa shape index (κ1) is 12.0. The van der Waals surface area contributed by atoms with Crippen LogP contribution in [0.3, 0.4) is 0 Å². The summed E-state index contributed by atoms with van der Waals surface area (Å²) in [6.07, 6.45) is 4.49. The van der Waals surface area contributed by atoms with E-state index in [1.54, 1.807) is 12.4 Å². The topological polar surface area (TPSA) is 76.7 Å². The minimum atomic E-state index is 0.406. The average molecular weight is 279 g/mol. The minimum absolute atomic E-state index is 0.406. The Kier molecular flexibility index (Phi) is 2.67. The molecule has 1 aromatic carbocycles. The molecule has 3 heterocycles. The van der Waals surface area contributed by atoms with Crippen molar-refractivity contribution < 1.29 is 4.52 Å². The maximum atomic E-state index is 5.33. The van der Waals surface area contributed by atoms with Gasteiger partial charge >= 0.3 is 0 Å². The highest BCUT2D eigenvalue weighted by atomic mass is 16.5. The van der Waals surface area contributed by atoms with E-state index in [0.717, 1.165) is 24.1 Å². The van der Waals surface area contributed by atoms with Crippen molar-refractivity contribution in [3.8, 4) is 23.1 Å². The second-order valence-electron chi connectivity index (χ2n) is 5.06. The first-order valence-electron chi connectivity index (χ1n) is 6.79. The maximum absolute atomic E-state index is 5.33. The van der Waals surface area contributed by atoms with Crippen LogP contribution >= 0.6 is 0 Å². The number of fused-ring (bicyclic) bond motifs is 1. The Morgan fingerprint density at radius 3 is 2.86 bits per heavy atom. The summed E-state index contributed by atoms with van der Waals surface area (Å²) in [5.74, 6) is 1.37. The summed E-state index contributed by atoms with van der Waals surface area (Å²) >= 11 is 0. The Labute approximate surface area is 121 Å². The van der Waals surface area contributed by atoms with Crippen LogP contribution in [0.25, 0.3) is 23.1 Å². The zero-order valence-corrected chi connectivity index (χ0v) is 11.5. The summed E-state index contributed by atoms with van der Waals surface area (Å²) in [7, 11) is 0. The van der Waals surface area contributed by atoms with Gasteiger partial charge < -0.3 is 9.84 Å². The van der Waals surface area contributed by atoms with Crippen molar-refractivity contribution in [2.24, 2.45) is 0 Å². The fourth-order valence-electron chi connectivity index (χ4n) is 2.38. The lowest BCUT2D eigenvalue weighted by molar-refractivity contribution is 0.432. The summed E-state index contributed by atoms with van der Waals surface area (Å²) in [5.41, 5.74) is 4.37. The molecule has 0 unspecified atom stereocenters.